The van der Waals surface area contributed by atoms with E-state index in [-0.39, 0.29) is 23.0 Å². The number of carboxylic acids is 1. The number of carbonyl (C=O) groups is 2. The molecule has 0 saturated heterocycles. The molecule has 2 aromatic rings. The molecule has 23 heavy (non-hydrogen) atoms. The number of rotatable bonds is 2. The number of aromatic carboxylic acids is 1. The fourth-order valence-corrected chi connectivity index (χ4v) is 3.13. The van der Waals surface area contributed by atoms with Crippen molar-refractivity contribution in [3.63, 3.8) is 0 Å². The molecule has 0 spiro atoms. The van der Waals surface area contributed by atoms with Crippen LogP contribution in [0, 0.1) is 0 Å². The van der Waals surface area contributed by atoms with Crippen molar-refractivity contribution in [3.8, 4) is 0 Å². The van der Waals surface area contributed by atoms with Crippen LogP contribution >= 0.6 is 23.2 Å². The lowest BCUT2D eigenvalue weighted by Crippen LogP contribution is -2.37. The molecule has 0 saturated carbocycles. The molecule has 1 aromatic carbocycles. The number of pyridine rings is 1. The predicted octanol–water partition coefficient (Wildman–Crippen LogP) is 3.29. The fourth-order valence-electron chi connectivity index (χ4n) is 2.65. The van der Waals surface area contributed by atoms with Crippen molar-refractivity contribution in [2.24, 2.45) is 0 Å². The number of amides is 1. The zero-order valence-corrected chi connectivity index (χ0v) is 13.4. The van der Waals surface area contributed by atoms with Gasteiger partial charge in [0.15, 0.2) is 0 Å². The molecule has 0 radical (unpaired) electrons. The Morgan fingerprint density at radius 1 is 1.17 bits per heavy atom. The lowest BCUT2D eigenvalue weighted by molar-refractivity contribution is 0.0676. The van der Waals surface area contributed by atoms with Gasteiger partial charge in [-0.1, -0.05) is 23.2 Å². The number of halogens is 2. The summed E-state index contributed by atoms with van der Waals surface area (Å²) in [5.74, 6) is -1.28. The van der Waals surface area contributed by atoms with Crippen LogP contribution in [0.5, 0.6) is 0 Å². The second-order valence-corrected chi connectivity index (χ2v) is 6.03. The zero-order chi connectivity index (χ0) is 16.6. The van der Waals surface area contributed by atoms with Crippen LogP contribution in [0.25, 0.3) is 0 Å². The molecule has 7 heteroatoms. The third kappa shape index (κ3) is 3.02. The summed E-state index contributed by atoms with van der Waals surface area (Å²) in [6.45, 7) is 0.656. The first-order valence-electron chi connectivity index (χ1n) is 6.91. The van der Waals surface area contributed by atoms with Gasteiger partial charge < -0.3 is 10.0 Å². The Hall–Kier alpha value is -2.11. The fraction of sp³-hybridized carbons (Fsp3) is 0.188. The number of aromatic nitrogens is 1. The highest BCUT2D eigenvalue weighted by atomic mass is 35.5. The van der Waals surface area contributed by atoms with Crippen LogP contribution in [-0.2, 0) is 13.0 Å². The summed E-state index contributed by atoms with van der Waals surface area (Å²) in [6, 6.07) is 6.13. The van der Waals surface area contributed by atoms with Crippen LogP contribution in [0.4, 0.5) is 0 Å². The van der Waals surface area contributed by atoms with Crippen molar-refractivity contribution >= 4 is 35.1 Å². The summed E-state index contributed by atoms with van der Waals surface area (Å²) in [5.41, 5.74) is 1.82. The minimum atomic E-state index is -1.03. The number of carbonyl (C=O) groups excluding carboxylic acids is 1. The third-order valence-corrected chi connectivity index (χ3v) is 4.34. The molecule has 1 aliphatic heterocycles. The van der Waals surface area contributed by atoms with E-state index in [2.05, 4.69) is 4.98 Å². The zero-order valence-electron chi connectivity index (χ0n) is 11.9. The molecule has 0 bridgehead atoms. The van der Waals surface area contributed by atoms with Crippen molar-refractivity contribution in [3.05, 3.63) is 62.9 Å². The molecule has 2 heterocycles. The van der Waals surface area contributed by atoms with Gasteiger partial charge in [-0.05, 0) is 24.3 Å². The number of benzene rings is 1. The monoisotopic (exact) mass is 350 g/mol. The van der Waals surface area contributed by atoms with Crippen molar-refractivity contribution in [2.45, 2.75) is 13.0 Å². The second-order valence-electron chi connectivity index (χ2n) is 5.19. The van der Waals surface area contributed by atoms with Gasteiger partial charge in [0, 0.05) is 42.0 Å². The standard InChI is InChI=1S/C16H12Cl2N2O3/c17-9-1-2-11(13(18)7-9)15(21)20-6-4-14-12(8-20)10(16(22)23)3-5-19-14/h1-3,5,7H,4,6,8H2,(H,22,23). The van der Waals surface area contributed by atoms with E-state index < -0.39 is 5.97 Å². The van der Waals surface area contributed by atoms with Crippen LogP contribution in [-0.4, -0.2) is 33.4 Å². The molecular formula is C16H12Cl2N2O3. The maximum Gasteiger partial charge on any atom is 0.336 e. The van der Waals surface area contributed by atoms with Crippen molar-refractivity contribution in [2.75, 3.05) is 6.54 Å². The lowest BCUT2D eigenvalue weighted by atomic mass is 9.99. The van der Waals surface area contributed by atoms with Crippen molar-refractivity contribution in [1.82, 2.24) is 9.88 Å². The SMILES string of the molecule is O=C(O)c1ccnc2c1CN(C(=O)c1ccc(Cl)cc1Cl)CC2. The number of nitrogens with zero attached hydrogens (tertiary/aromatic N) is 2. The van der Waals surface area contributed by atoms with Gasteiger partial charge in [0.25, 0.3) is 5.91 Å². The molecule has 0 unspecified atom stereocenters. The first-order valence-corrected chi connectivity index (χ1v) is 7.67. The number of hydrogen-bond donors (Lipinski definition) is 1. The van der Waals surface area contributed by atoms with Gasteiger partial charge in [-0.15, -0.1) is 0 Å². The quantitative estimate of drug-likeness (QED) is 0.901. The van der Waals surface area contributed by atoms with Crippen LogP contribution in [0.1, 0.15) is 32.0 Å². The van der Waals surface area contributed by atoms with Gasteiger partial charge in [-0.25, -0.2) is 4.79 Å². The van der Waals surface area contributed by atoms with E-state index in [1.807, 2.05) is 0 Å². The van der Waals surface area contributed by atoms with Crippen LogP contribution < -0.4 is 0 Å². The first kappa shape index (κ1) is 15.8. The largest absolute Gasteiger partial charge is 0.478 e. The molecule has 1 N–H and O–H groups in total. The highest BCUT2D eigenvalue weighted by Gasteiger charge is 2.27. The maximum atomic E-state index is 12.7. The van der Waals surface area contributed by atoms with Gasteiger partial charge in [0.05, 0.1) is 16.1 Å². The minimum absolute atomic E-state index is 0.176. The molecule has 1 aliphatic rings. The van der Waals surface area contributed by atoms with E-state index in [0.29, 0.717) is 29.1 Å². The molecule has 3 rings (SSSR count). The molecule has 5 nitrogen and oxygen atoms in total. The average Bonchev–Trinajstić information content (AvgIpc) is 2.53. The normalized spacial score (nSPS) is 13.6. The van der Waals surface area contributed by atoms with E-state index >= 15 is 0 Å². The summed E-state index contributed by atoms with van der Waals surface area (Å²) >= 11 is 11.9. The first-order chi connectivity index (χ1) is 11.0. The van der Waals surface area contributed by atoms with E-state index in [0.717, 1.165) is 5.69 Å². The van der Waals surface area contributed by atoms with Gasteiger partial charge in [-0.3, -0.25) is 9.78 Å². The Morgan fingerprint density at radius 3 is 2.65 bits per heavy atom. The van der Waals surface area contributed by atoms with Gasteiger partial charge in [0.1, 0.15) is 0 Å². The molecule has 0 fully saturated rings. The van der Waals surface area contributed by atoms with Gasteiger partial charge in [-0.2, -0.15) is 0 Å². The second kappa shape index (κ2) is 6.18. The maximum absolute atomic E-state index is 12.7. The molecule has 1 amide bonds. The number of hydrogen-bond acceptors (Lipinski definition) is 3. The van der Waals surface area contributed by atoms with Crippen LogP contribution in [0.15, 0.2) is 30.5 Å². The van der Waals surface area contributed by atoms with Gasteiger partial charge in [0.2, 0.25) is 0 Å². The Bertz CT molecular complexity index is 808. The Morgan fingerprint density at radius 2 is 1.96 bits per heavy atom. The highest BCUT2D eigenvalue weighted by molar-refractivity contribution is 6.36. The van der Waals surface area contributed by atoms with E-state index in [1.54, 1.807) is 17.0 Å². The Balaban J connectivity index is 1.92. The topological polar surface area (TPSA) is 70.5 Å². The summed E-state index contributed by atoms with van der Waals surface area (Å²) in [6.07, 6.45) is 1.99. The summed E-state index contributed by atoms with van der Waals surface area (Å²) in [4.78, 5) is 29.8. The number of carboxylic acid groups (broad SMARTS) is 1. The third-order valence-electron chi connectivity index (χ3n) is 3.79. The van der Waals surface area contributed by atoms with Crippen LogP contribution in [0.3, 0.4) is 0 Å². The number of fused-ring (bicyclic) bond motifs is 1. The Labute approximate surface area is 142 Å². The molecular weight excluding hydrogens is 339 g/mol. The summed E-state index contributed by atoms with van der Waals surface area (Å²) in [5, 5.41) is 10.0. The predicted molar refractivity (Wildman–Crippen MR) is 86.1 cm³/mol. The van der Waals surface area contributed by atoms with Crippen LogP contribution in [0.2, 0.25) is 10.0 Å². The minimum Gasteiger partial charge on any atom is -0.478 e. The average molecular weight is 351 g/mol. The lowest BCUT2D eigenvalue weighted by Gasteiger charge is -2.29. The molecule has 118 valence electrons. The summed E-state index contributed by atoms with van der Waals surface area (Å²) in [7, 11) is 0. The Kier molecular flexibility index (Phi) is 4.24. The van der Waals surface area contributed by atoms with Crippen molar-refractivity contribution in [1.29, 1.82) is 0 Å². The van der Waals surface area contributed by atoms with E-state index in [1.165, 1.54) is 18.3 Å². The highest BCUT2D eigenvalue weighted by Crippen LogP contribution is 2.26. The van der Waals surface area contributed by atoms with Crippen molar-refractivity contribution < 1.29 is 14.7 Å². The van der Waals surface area contributed by atoms with E-state index in [4.69, 9.17) is 23.2 Å². The van der Waals surface area contributed by atoms with E-state index in [9.17, 15) is 14.7 Å². The summed E-state index contributed by atoms with van der Waals surface area (Å²) < 4.78 is 0. The molecule has 1 aromatic heterocycles. The molecule has 0 atom stereocenters. The van der Waals surface area contributed by atoms with Gasteiger partial charge >= 0.3 is 5.97 Å². The molecule has 0 aliphatic carbocycles. The smallest absolute Gasteiger partial charge is 0.336 e.